The summed E-state index contributed by atoms with van der Waals surface area (Å²) in [6.07, 6.45) is 0. The Balaban J connectivity index is 0.000000254. The minimum atomic E-state index is -4.60. The number of hydrogen-bond acceptors (Lipinski definition) is 6. The maximum atomic E-state index is 10.6. The molecule has 0 amide bonds. The van der Waals surface area contributed by atoms with E-state index in [4.69, 9.17) is 14.2 Å². The summed E-state index contributed by atoms with van der Waals surface area (Å²) >= 11 is 0. The van der Waals surface area contributed by atoms with Gasteiger partial charge in [-0.1, -0.05) is 24.3 Å². The van der Waals surface area contributed by atoms with Crippen molar-refractivity contribution in [3.63, 3.8) is 0 Å². The van der Waals surface area contributed by atoms with Crippen LogP contribution >= 0.6 is 0 Å². The van der Waals surface area contributed by atoms with Crippen molar-refractivity contribution >= 4 is 26.2 Å². The van der Waals surface area contributed by atoms with Crippen LogP contribution in [-0.2, 0) is 20.2 Å². The lowest BCUT2D eigenvalue weighted by molar-refractivity contribution is 0.0693. The first-order valence-corrected chi connectivity index (χ1v) is 8.88. The molecule has 11 heteroatoms. The second-order valence-corrected chi connectivity index (χ2v) is 7.03. The van der Waals surface area contributed by atoms with Gasteiger partial charge < -0.3 is 10.2 Å². The van der Waals surface area contributed by atoms with Crippen LogP contribution in [0.15, 0.2) is 58.3 Å². The van der Waals surface area contributed by atoms with E-state index in [1.165, 1.54) is 12.1 Å². The highest BCUT2D eigenvalue weighted by atomic mass is 32.2. The molecule has 0 radical (unpaired) electrons. The van der Waals surface area contributed by atoms with Crippen LogP contribution in [0.2, 0.25) is 0 Å². The van der Waals surface area contributed by atoms with Crippen molar-refractivity contribution in [2.45, 2.75) is 9.79 Å². The fourth-order valence-corrected chi connectivity index (χ4v) is 2.60. The minimum Gasteiger partial charge on any atom is -0.506 e. The molecule has 0 bridgehead atoms. The summed E-state index contributed by atoms with van der Waals surface area (Å²) < 4.78 is 59.1. The maximum absolute atomic E-state index is 10.6. The predicted molar refractivity (Wildman–Crippen MR) is 81.1 cm³/mol. The van der Waals surface area contributed by atoms with Crippen molar-refractivity contribution in [3.8, 4) is 5.75 Å². The number of hydrogen-bond donors (Lipinski definition) is 4. The predicted octanol–water partition coefficient (Wildman–Crippen LogP) is 1.27. The van der Waals surface area contributed by atoms with E-state index in [1.54, 1.807) is 18.2 Å². The molecule has 0 fully saturated rings. The first-order valence-electron chi connectivity index (χ1n) is 6.00. The molecule has 2 aromatic carbocycles. The Morgan fingerprint density at radius 1 is 0.792 bits per heavy atom. The SMILES string of the molecule is O=C(O)c1cccc(S(=O)(=O)O)c1O.O=S(=O)(O)c1ccccc1. The Morgan fingerprint density at radius 2 is 1.33 bits per heavy atom. The standard InChI is InChI=1S/C7H6O6S.C6H6O3S/c8-6-4(7(9)10)2-1-3-5(6)14(11,12)13;7-10(8,9)6-4-2-1-3-5-6/h1-3,8H,(H,9,10)(H,11,12,13);1-5H,(H,7,8,9). The first-order chi connectivity index (χ1) is 10.9. The van der Waals surface area contributed by atoms with E-state index in [0.29, 0.717) is 0 Å². The van der Waals surface area contributed by atoms with Crippen LogP contribution in [0.3, 0.4) is 0 Å². The number of carbonyl (C=O) groups is 1. The fourth-order valence-electron chi connectivity index (χ4n) is 1.50. The molecule has 9 nitrogen and oxygen atoms in total. The third kappa shape index (κ3) is 5.31. The Kier molecular flexibility index (Phi) is 6.04. The van der Waals surface area contributed by atoms with Crippen molar-refractivity contribution in [1.82, 2.24) is 0 Å². The Hall–Kier alpha value is -2.47. The monoisotopic (exact) mass is 376 g/mol. The lowest BCUT2D eigenvalue weighted by Crippen LogP contribution is -2.03. The van der Waals surface area contributed by atoms with Crippen molar-refractivity contribution in [3.05, 3.63) is 54.1 Å². The number of carboxylic acid groups (broad SMARTS) is 1. The normalized spacial score (nSPS) is 11.2. The van der Waals surface area contributed by atoms with Crippen LogP contribution in [-0.4, -0.2) is 42.1 Å². The zero-order chi connectivity index (χ0) is 18.5. The highest BCUT2D eigenvalue weighted by Crippen LogP contribution is 2.26. The van der Waals surface area contributed by atoms with E-state index >= 15 is 0 Å². The molecule has 4 N–H and O–H groups in total. The molecule has 0 spiro atoms. The first kappa shape index (κ1) is 19.6. The molecular weight excluding hydrogens is 364 g/mol. The summed E-state index contributed by atoms with van der Waals surface area (Å²) in [4.78, 5) is 9.57. The summed E-state index contributed by atoms with van der Waals surface area (Å²) in [5, 5.41) is 17.7. The molecule has 24 heavy (non-hydrogen) atoms. The third-order valence-corrected chi connectivity index (χ3v) is 4.30. The van der Waals surface area contributed by atoms with Crippen molar-refractivity contribution in [2.24, 2.45) is 0 Å². The molecule has 0 unspecified atom stereocenters. The molecule has 0 aliphatic heterocycles. The highest BCUT2D eigenvalue weighted by Gasteiger charge is 2.20. The van der Waals surface area contributed by atoms with Gasteiger partial charge in [-0.25, -0.2) is 4.79 Å². The molecule has 0 saturated carbocycles. The largest absolute Gasteiger partial charge is 0.506 e. The van der Waals surface area contributed by atoms with Crippen LogP contribution in [0.5, 0.6) is 5.75 Å². The van der Waals surface area contributed by atoms with Gasteiger partial charge in [0.05, 0.1) is 4.90 Å². The summed E-state index contributed by atoms with van der Waals surface area (Å²) in [5.41, 5.74) is -0.583. The Labute approximate surface area is 137 Å². The van der Waals surface area contributed by atoms with Gasteiger partial charge in [0.25, 0.3) is 20.2 Å². The number of para-hydroxylation sites is 1. The Morgan fingerprint density at radius 3 is 1.71 bits per heavy atom. The topological polar surface area (TPSA) is 166 Å². The van der Waals surface area contributed by atoms with Crippen molar-refractivity contribution in [1.29, 1.82) is 0 Å². The summed E-state index contributed by atoms with van der Waals surface area (Å²) in [6, 6.07) is 10.4. The average molecular weight is 376 g/mol. The molecule has 2 aromatic rings. The number of phenols is 1. The van der Waals surface area contributed by atoms with E-state index < -0.39 is 42.4 Å². The van der Waals surface area contributed by atoms with E-state index in [9.17, 15) is 26.7 Å². The Bertz CT molecular complexity index is 933. The van der Waals surface area contributed by atoms with E-state index in [1.807, 2.05) is 0 Å². The minimum absolute atomic E-state index is 0.0741. The van der Waals surface area contributed by atoms with Gasteiger partial charge in [0.1, 0.15) is 10.5 Å². The average Bonchev–Trinajstić information content (AvgIpc) is 2.46. The highest BCUT2D eigenvalue weighted by molar-refractivity contribution is 7.86. The van der Waals surface area contributed by atoms with E-state index in [0.717, 1.165) is 18.2 Å². The van der Waals surface area contributed by atoms with Gasteiger partial charge >= 0.3 is 5.97 Å². The second kappa shape index (κ2) is 7.40. The molecule has 130 valence electrons. The molecular formula is C13H12O9S2. The summed E-state index contributed by atoms with van der Waals surface area (Å²) in [6.45, 7) is 0. The van der Waals surface area contributed by atoms with Gasteiger partial charge in [0, 0.05) is 0 Å². The molecule has 0 aromatic heterocycles. The smallest absolute Gasteiger partial charge is 0.339 e. The van der Waals surface area contributed by atoms with Crippen LogP contribution in [0.25, 0.3) is 0 Å². The zero-order valence-electron chi connectivity index (χ0n) is 11.8. The number of aromatic hydroxyl groups is 1. The maximum Gasteiger partial charge on any atom is 0.339 e. The third-order valence-electron chi connectivity index (χ3n) is 2.55. The lowest BCUT2D eigenvalue weighted by Gasteiger charge is -2.03. The van der Waals surface area contributed by atoms with Gasteiger partial charge in [-0.3, -0.25) is 9.11 Å². The molecule has 0 heterocycles. The van der Waals surface area contributed by atoms with Crippen LogP contribution in [0, 0.1) is 0 Å². The number of carboxylic acids is 1. The van der Waals surface area contributed by atoms with Crippen LogP contribution < -0.4 is 0 Å². The summed E-state index contributed by atoms with van der Waals surface area (Å²) in [5.74, 6) is -2.45. The molecule has 0 atom stereocenters. The van der Waals surface area contributed by atoms with Gasteiger partial charge in [-0.05, 0) is 24.3 Å². The van der Waals surface area contributed by atoms with Crippen LogP contribution in [0.4, 0.5) is 0 Å². The number of aromatic carboxylic acids is 1. The van der Waals surface area contributed by atoms with Gasteiger partial charge in [-0.15, -0.1) is 0 Å². The molecule has 0 aliphatic rings. The second-order valence-electron chi connectivity index (χ2n) is 4.22. The molecule has 0 aliphatic carbocycles. The number of rotatable bonds is 3. The lowest BCUT2D eigenvalue weighted by atomic mass is 10.2. The number of benzene rings is 2. The van der Waals surface area contributed by atoms with Crippen molar-refractivity contribution in [2.75, 3.05) is 0 Å². The molecule has 2 rings (SSSR count). The van der Waals surface area contributed by atoms with Crippen LogP contribution in [0.1, 0.15) is 10.4 Å². The fraction of sp³-hybridized carbons (Fsp3) is 0. The van der Waals surface area contributed by atoms with Gasteiger partial charge in [-0.2, -0.15) is 16.8 Å². The summed E-state index contributed by atoms with van der Waals surface area (Å²) in [7, 11) is -8.61. The molecule has 0 saturated heterocycles. The zero-order valence-corrected chi connectivity index (χ0v) is 13.4. The van der Waals surface area contributed by atoms with E-state index in [-0.39, 0.29) is 4.90 Å². The van der Waals surface area contributed by atoms with Crippen molar-refractivity contribution < 1.29 is 40.9 Å². The van der Waals surface area contributed by atoms with Gasteiger partial charge in [0.15, 0.2) is 5.75 Å². The quantitative estimate of drug-likeness (QED) is 0.577. The van der Waals surface area contributed by atoms with E-state index in [2.05, 4.69) is 0 Å². The van der Waals surface area contributed by atoms with Gasteiger partial charge in [0.2, 0.25) is 0 Å².